The molecule has 0 saturated heterocycles. The van der Waals surface area contributed by atoms with E-state index in [4.69, 9.17) is 22.3 Å². The Morgan fingerprint density at radius 3 is 1.41 bits per heavy atom. The third-order valence-corrected chi connectivity index (χ3v) is 14.2. The molecular weight excluding hydrogens is 1230 g/mol. The van der Waals surface area contributed by atoms with Gasteiger partial charge in [-0.05, 0) is 74.3 Å². The zero-order valence-electron chi connectivity index (χ0n) is 52.0. The molecule has 2 aromatic carbocycles. The van der Waals surface area contributed by atoms with Gasteiger partial charge in [0.15, 0.2) is 0 Å². The number of aromatic hydroxyl groups is 1. The lowest BCUT2D eigenvalue weighted by Crippen LogP contribution is -2.63. The van der Waals surface area contributed by atoms with Crippen LogP contribution in [0.15, 0.2) is 54.7 Å². The lowest BCUT2D eigenvalue weighted by molar-refractivity contribution is -0.143. The number of aliphatic carboxylic acids is 1. The van der Waals surface area contributed by atoms with Gasteiger partial charge in [-0.15, -0.1) is 0 Å². The number of amides is 13. The Bertz CT molecular complexity index is 3140. The molecule has 0 aliphatic rings. The van der Waals surface area contributed by atoms with Gasteiger partial charge in [-0.25, -0.2) is 4.79 Å². The number of H-pyrrole nitrogens is 1. The molecule has 13 amide bonds. The molecule has 35 heteroatoms. The summed E-state index contributed by atoms with van der Waals surface area (Å²) in [5.74, 6) is -16.8. The van der Waals surface area contributed by atoms with Crippen LogP contribution in [0.3, 0.4) is 0 Å². The molecular formula is C58H85N15O20. The Hall–Kier alpha value is -9.84. The maximum absolute atomic E-state index is 14.0. The molecule has 3 aromatic rings. The van der Waals surface area contributed by atoms with Gasteiger partial charge >= 0.3 is 5.97 Å². The van der Waals surface area contributed by atoms with E-state index in [1.54, 1.807) is 42.6 Å². The largest absolute Gasteiger partial charge is 0.508 e. The predicted octanol–water partition coefficient (Wildman–Crippen LogP) is -7.74. The van der Waals surface area contributed by atoms with E-state index in [1.807, 2.05) is 5.32 Å². The predicted molar refractivity (Wildman–Crippen MR) is 327 cm³/mol. The van der Waals surface area contributed by atoms with E-state index in [-0.39, 0.29) is 18.6 Å². The first-order valence-electron chi connectivity index (χ1n) is 29.4. The molecule has 0 aliphatic carbocycles. The van der Waals surface area contributed by atoms with Crippen molar-refractivity contribution >= 4 is 93.7 Å². The first-order valence-corrected chi connectivity index (χ1v) is 29.4. The molecule has 0 spiro atoms. The summed E-state index contributed by atoms with van der Waals surface area (Å²) in [4.78, 5) is 187. The standard InChI is InChI=1S/C58H85N15O20/c1-26(2)45(54(88)68-39(24-74)53(87)69-40(25-75)58(92)93)72-57(91)48(29(6)77)73-55(89)46(27(3)4)71-52(86)37(16-18-42(61)80)66-56(90)47(28(5)76)70-44(82)23-63-50(84)36(15-17-41(60)79)65-43(81)22-64-51(85)38(20-31-21-62-35-10-8-7-9-33(31)35)67-49(83)34(59)19-30-11-13-32(78)14-12-30/h7-14,21,26-29,34,36-40,45-48,62,74-78H,15-20,22-25,59H2,1-6H3,(H2,60,79)(H2,61,80)(H,63,84)(H,64,85)(H,65,81)(H,66,90)(H,67,83)(H,68,88)(H,69,87)(H,70,82)(H,71,86)(H,72,91)(H,73,89)(H,92,93)/t28-,29-,34+,36+,37+,38+,39+,40+,45+,46+,47+,48+/m1/s1. The van der Waals surface area contributed by atoms with Gasteiger partial charge in [0.1, 0.15) is 60.1 Å². The lowest BCUT2D eigenvalue weighted by atomic mass is 9.99. The van der Waals surface area contributed by atoms with Crippen molar-refractivity contribution in [2.24, 2.45) is 29.0 Å². The number of fused-ring (bicyclic) bond motifs is 1. The maximum Gasteiger partial charge on any atom is 0.328 e. The van der Waals surface area contributed by atoms with Crippen molar-refractivity contribution in [2.45, 2.75) is 153 Å². The zero-order valence-corrected chi connectivity index (χ0v) is 52.0. The molecule has 35 nitrogen and oxygen atoms in total. The van der Waals surface area contributed by atoms with Crippen LogP contribution < -0.4 is 75.7 Å². The van der Waals surface area contributed by atoms with Crippen LogP contribution in [0.25, 0.3) is 10.9 Å². The fourth-order valence-corrected chi connectivity index (χ4v) is 8.94. The summed E-state index contributed by atoms with van der Waals surface area (Å²) >= 11 is 0. The molecule has 0 unspecified atom stereocenters. The first kappa shape index (κ1) is 77.4. The molecule has 1 heterocycles. The van der Waals surface area contributed by atoms with Crippen LogP contribution in [0.4, 0.5) is 0 Å². The van der Waals surface area contributed by atoms with E-state index in [9.17, 15) is 92.7 Å². The number of phenolic OH excluding ortho intramolecular Hbond substituents is 1. The van der Waals surface area contributed by atoms with Crippen molar-refractivity contribution in [2.75, 3.05) is 26.3 Å². The Labute approximate surface area is 533 Å². The number of benzene rings is 2. The fourth-order valence-electron chi connectivity index (χ4n) is 8.94. The van der Waals surface area contributed by atoms with Crippen molar-refractivity contribution < 1.29 is 97.8 Å². The summed E-state index contributed by atoms with van der Waals surface area (Å²) in [6.07, 6.45) is -3.81. The minimum absolute atomic E-state index is 0.00364. The van der Waals surface area contributed by atoms with Gasteiger partial charge < -0.3 is 111 Å². The Kier molecular flexibility index (Phi) is 31.2. The fraction of sp³-hybridized carbons (Fsp3) is 0.517. The highest BCUT2D eigenvalue weighted by atomic mass is 16.4. The van der Waals surface area contributed by atoms with Crippen LogP contribution in [-0.2, 0) is 80.0 Å². The summed E-state index contributed by atoms with van der Waals surface area (Å²) in [5.41, 5.74) is 18.9. The van der Waals surface area contributed by atoms with Crippen molar-refractivity contribution in [3.05, 3.63) is 65.9 Å². The first-order chi connectivity index (χ1) is 43.7. The van der Waals surface area contributed by atoms with E-state index in [2.05, 4.69) is 58.2 Å². The number of aliphatic hydroxyl groups excluding tert-OH is 4. The topological polar surface area (TPSA) is 587 Å². The maximum atomic E-state index is 14.0. The van der Waals surface area contributed by atoms with Gasteiger partial charge in [-0.3, -0.25) is 62.3 Å². The van der Waals surface area contributed by atoms with Gasteiger partial charge in [0.05, 0.1) is 44.6 Å². The van der Waals surface area contributed by atoms with Crippen molar-refractivity contribution in [1.29, 1.82) is 0 Å². The number of hydrogen-bond acceptors (Lipinski definition) is 20. The summed E-state index contributed by atoms with van der Waals surface area (Å²) in [7, 11) is 0. The minimum Gasteiger partial charge on any atom is -0.508 e. The average molecular weight is 1310 g/mol. The summed E-state index contributed by atoms with van der Waals surface area (Å²) in [6.45, 7) is 4.16. The van der Waals surface area contributed by atoms with Gasteiger partial charge in [-0.1, -0.05) is 58.0 Å². The molecule has 1 aromatic heterocycles. The van der Waals surface area contributed by atoms with Crippen LogP contribution in [0.5, 0.6) is 5.75 Å². The van der Waals surface area contributed by atoms with Crippen LogP contribution >= 0.6 is 0 Å². The van der Waals surface area contributed by atoms with Gasteiger partial charge in [-0.2, -0.15) is 0 Å². The summed E-state index contributed by atoms with van der Waals surface area (Å²) in [5, 5.41) is 85.1. The number of para-hydroxylation sites is 1. The number of nitrogens with one attached hydrogen (secondary N) is 12. The van der Waals surface area contributed by atoms with E-state index in [0.717, 1.165) is 24.8 Å². The highest BCUT2D eigenvalue weighted by Gasteiger charge is 2.38. The number of aromatic nitrogens is 1. The minimum atomic E-state index is -1.90. The van der Waals surface area contributed by atoms with E-state index in [0.29, 0.717) is 11.1 Å². The number of carbonyl (C=O) groups is 14. The molecule has 0 bridgehead atoms. The van der Waals surface area contributed by atoms with E-state index < -0.39 is 219 Å². The van der Waals surface area contributed by atoms with Crippen LogP contribution in [-0.4, -0.2) is 217 Å². The monoisotopic (exact) mass is 1310 g/mol. The number of aliphatic hydroxyl groups is 4. The number of aromatic amines is 1. The number of hydrogen-bond donors (Lipinski definition) is 21. The quantitative estimate of drug-likeness (QED) is 0.0252. The third-order valence-electron chi connectivity index (χ3n) is 14.2. The van der Waals surface area contributed by atoms with Crippen LogP contribution in [0.2, 0.25) is 0 Å². The Morgan fingerprint density at radius 1 is 0.473 bits per heavy atom. The summed E-state index contributed by atoms with van der Waals surface area (Å²) in [6, 6.07) is -3.10. The highest BCUT2D eigenvalue weighted by molar-refractivity contribution is 5.99. The average Bonchev–Trinajstić information content (AvgIpc) is 1.89. The second-order valence-corrected chi connectivity index (χ2v) is 22.5. The third kappa shape index (κ3) is 25.4. The zero-order chi connectivity index (χ0) is 70.0. The highest BCUT2D eigenvalue weighted by Crippen LogP contribution is 2.20. The molecule has 93 heavy (non-hydrogen) atoms. The number of carboxylic acid groups (broad SMARTS) is 1. The van der Waals surface area contributed by atoms with Crippen molar-refractivity contribution in [3.63, 3.8) is 0 Å². The van der Waals surface area contributed by atoms with Crippen LogP contribution in [0.1, 0.15) is 78.4 Å². The Balaban J connectivity index is 1.71. The Morgan fingerprint density at radius 2 is 0.892 bits per heavy atom. The molecule has 3 rings (SSSR count). The molecule has 12 atom stereocenters. The second kappa shape index (κ2) is 37.5. The molecule has 0 saturated carbocycles. The van der Waals surface area contributed by atoms with E-state index in [1.165, 1.54) is 39.8 Å². The molecule has 0 radical (unpaired) electrons. The van der Waals surface area contributed by atoms with E-state index >= 15 is 0 Å². The van der Waals surface area contributed by atoms with Crippen LogP contribution in [0, 0.1) is 11.8 Å². The van der Waals surface area contributed by atoms with Gasteiger partial charge in [0.25, 0.3) is 0 Å². The van der Waals surface area contributed by atoms with Gasteiger partial charge in [0.2, 0.25) is 76.8 Å². The summed E-state index contributed by atoms with van der Waals surface area (Å²) < 4.78 is 0. The number of carbonyl (C=O) groups excluding carboxylic acids is 13. The normalized spacial score (nSPS) is 15.1. The van der Waals surface area contributed by atoms with Gasteiger partial charge in [0, 0.05) is 36.4 Å². The number of rotatable bonds is 39. The van der Waals surface area contributed by atoms with Crippen molar-refractivity contribution in [1.82, 2.24) is 63.5 Å². The smallest absolute Gasteiger partial charge is 0.328 e. The number of nitrogens with two attached hydrogens (primary N) is 3. The number of primary amides is 2. The lowest BCUT2D eigenvalue weighted by Gasteiger charge is -2.30. The number of phenols is 1. The number of carboxylic acids is 1. The molecule has 512 valence electrons. The second-order valence-electron chi connectivity index (χ2n) is 22.5. The molecule has 24 N–H and O–H groups in total. The molecule has 0 fully saturated rings. The SMILES string of the molecule is CC(C)[C@H](NC(=O)[C@H](CCC(N)=O)NC(=O)[C@@H](NC(=O)CNC(=O)[C@H](CCC(N)=O)NC(=O)CNC(=O)[C@H](Cc1c[nH]c2ccccc12)NC(=O)[C@@H](N)Cc1ccc(O)cc1)[C@@H](C)O)C(=O)N[C@H](C(=O)N[C@H](C(=O)N[C@@H](CO)C(=O)N[C@@H](CO)C(=O)O)C(C)C)[C@@H](C)O. The van der Waals surface area contributed by atoms with Crippen molar-refractivity contribution in [3.8, 4) is 5.75 Å². The molecule has 0 aliphatic heterocycles.